The van der Waals surface area contributed by atoms with E-state index in [-0.39, 0.29) is 21.7 Å². The maximum atomic E-state index is 12.7. The van der Waals surface area contributed by atoms with Crippen LogP contribution in [0.3, 0.4) is 0 Å². The number of hydrogen-bond acceptors (Lipinski definition) is 3. The minimum absolute atomic E-state index is 0.0227. The van der Waals surface area contributed by atoms with Crippen LogP contribution in [0.5, 0.6) is 5.75 Å². The maximum absolute atomic E-state index is 12.7. The van der Waals surface area contributed by atoms with Crippen molar-refractivity contribution in [2.24, 2.45) is 0 Å². The van der Waals surface area contributed by atoms with Gasteiger partial charge in [0.15, 0.2) is 5.75 Å². The van der Waals surface area contributed by atoms with E-state index in [0.29, 0.717) is 11.0 Å². The van der Waals surface area contributed by atoms with E-state index in [1.54, 1.807) is 6.07 Å². The molecule has 0 amide bonds. The average molecular weight is 354 g/mol. The van der Waals surface area contributed by atoms with E-state index in [4.69, 9.17) is 16.9 Å². The quantitative estimate of drug-likeness (QED) is 0.732. The first-order valence-electron chi connectivity index (χ1n) is 6.49. The van der Waals surface area contributed by atoms with Gasteiger partial charge in [0.05, 0.1) is 21.6 Å². The highest BCUT2D eigenvalue weighted by atomic mass is 35.5. The van der Waals surface area contributed by atoms with Crippen molar-refractivity contribution in [3.63, 3.8) is 0 Å². The highest BCUT2D eigenvalue weighted by Gasteiger charge is 2.34. The number of alkyl halides is 3. The van der Waals surface area contributed by atoms with Crippen molar-refractivity contribution >= 4 is 22.6 Å². The van der Waals surface area contributed by atoms with Gasteiger partial charge in [0.2, 0.25) is 0 Å². The Morgan fingerprint density at radius 2 is 1.83 bits per heavy atom. The fourth-order valence-electron chi connectivity index (χ4n) is 2.33. The molecule has 0 fully saturated rings. The molecule has 2 N–H and O–H groups in total. The van der Waals surface area contributed by atoms with Crippen LogP contribution in [0.1, 0.15) is 5.56 Å². The molecule has 3 aromatic rings. The molecule has 0 bridgehead atoms. The monoisotopic (exact) mass is 353 g/mol. The summed E-state index contributed by atoms with van der Waals surface area (Å²) in [5.74, 6) is -0.685. The molecule has 0 aliphatic heterocycles. The van der Waals surface area contributed by atoms with Crippen LogP contribution in [-0.2, 0) is 0 Å². The van der Waals surface area contributed by atoms with Crippen LogP contribution in [0.2, 0.25) is 5.02 Å². The minimum Gasteiger partial charge on any atom is -0.404 e. The largest absolute Gasteiger partial charge is 0.573 e. The number of fused-ring (bicyclic) bond motifs is 1. The normalized spacial score (nSPS) is 11.5. The van der Waals surface area contributed by atoms with Crippen molar-refractivity contribution in [3.05, 3.63) is 51.4 Å². The molecule has 24 heavy (non-hydrogen) atoms. The maximum Gasteiger partial charge on any atom is 0.573 e. The number of halogens is 4. The number of nitrogens with zero attached hydrogens (tertiary/aromatic N) is 1. The van der Waals surface area contributed by atoms with E-state index >= 15 is 0 Å². The van der Waals surface area contributed by atoms with Crippen molar-refractivity contribution in [2.45, 2.75) is 6.36 Å². The molecule has 9 heteroatoms. The van der Waals surface area contributed by atoms with Crippen molar-refractivity contribution in [1.29, 1.82) is 5.26 Å². The number of nitrogens with one attached hydrogen (secondary N) is 2. The van der Waals surface area contributed by atoms with Crippen LogP contribution in [0.4, 0.5) is 13.2 Å². The number of aromatic nitrogens is 2. The Morgan fingerprint density at radius 3 is 2.50 bits per heavy atom. The Balaban J connectivity index is 2.28. The Kier molecular flexibility index (Phi) is 3.73. The molecule has 0 spiro atoms. The first-order valence-corrected chi connectivity index (χ1v) is 6.87. The molecule has 0 aliphatic rings. The van der Waals surface area contributed by atoms with Gasteiger partial charge in [0.1, 0.15) is 6.07 Å². The number of imidazole rings is 1. The van der Waals surface area contributed by atoms with Gasteiger partial charge in [-0.05, 0) is 29.8 Å². The van der Waals surface area contributed by atoms with Gasteiger partial charge in [-0.2, -0.15) is 5.26 Å². The highest BCUT2D eigenvalue weighted by Crippen LogP contribution is 2.41. The van der Waals surface area contributed by atoms with E-state index in [0.717, 1.165) is 6.07 Å². The van der Waals surface area contributed by atoms with E-state index in [1.807, 2.05) is 0 Å². The molecule has 3 rings (SSSR count). The van der Waals surface area contributed by atoms with Crippen LogP contribution >= 0.6 is 11.6 Å². The smallest absolute Gasteiger partial charge is 0.404 e. The van der Waals surface area contributed by atoms with Crippen LogP contribution < -0.4 is 10.4 Å². The molecule has 1 aromatic heterocycles. The second kappa shape index (κ2) is 5.62. The first-order chi connectivity index (χ1) is 11.3. The van der Waals surface area contributed by atoms with E-state index in [1.165, 1.54) is 24.3 Å². The molecule has 0 unspecified atom stereocenters. The van der Waals surface area contributed by atoms with Gasteiger partial charge in [-0.3, -0.25) is 0 Å². The van der Waals surface area contributed by atoms with Gasteiger partial charge in [-0.1, -0.05) is 17.7 Å². The third-order valence-electron chi connectivity index (χ3n) is 3.25. The van der Waals surface area contributed by atoms with Gasteiger partial charge in [0, 0.05) is 5.56 Å². The Hall–Kier alpha value is -2.92. The lowest BCUT2D eigenvalue weighted by atomic mass is 10.0. The zero-order valence-electron chi connectivity index (χ0n) is 11.7. The second-order valence-corrected chi connectivity index (χ2v) is 5.21. The lowest BCUT2D eigenvalue weighted by Crippen LogP contribution is -2.18. The molecule has 2 aromatic carbocycles. The molecule has 0 saturated heterocycles. The third kappa shape index (κ3) is 2.94. The summed E-state index contributed by atoms with van der Waals surface area (Å²) >= 11 is 6.04. The summed E-state index contributed by atoms with van der Waals surface area (Å²) in [4.78, 5) is 16.3. The fourth-order valence-corrected chi connectivity index (χ4v) is 2.58. The number of H-pyrrole nitrogens is 2. The summed E-state index contributed by atoms with van der Waals surface area (Å²) in [5, 5.41) is 9.04. The third-order valence-corrected chi connectivity index (χ3v) is 3.56. The number of nitriles is 1. The van der Waals surface area contributed by atoms with Crippen molar-refractivity contribution < 1.29 is 17.9 Å². The van der Waals surface area contributed by atoms with Crippen LogP contribution in [0, 0.1) is 11.3 Å². The van der Waals surface area contributed by atoms with Gasteiger partial charge in [0.25, 0.3) is 0 Å². The Morgan fingerprint density at radius 1 is 1.12 bits per heavy atom. The molecule has 5 nitrogen and oxygen atoms in total. The van der Waals surface area contributed by atoms with Gasteiger partial charge in [-0.15, -0.1) is 13.2 Å². The van der Waals surface area contributed by atoms with E-state index < -0.39 is 17.8 Å². The molecular weight excluding hydrogens is 347 g/mol. The van der Waals surface area contributed by atoms with E-state index in [9.17, 15) is 18.0 Å². The molecule has 0 aliphatic carbocycles. The number of hydrogen-bond donors (Lipinski definition) is 2. The Bertz CT molecular complexity index is 1030. The van der Waals surface area contributed by atoms with Gasteiger partial charge < -0.3 is 14.7 Å². The average Bonchev–Trinajstić information content (AvgIpc) is 2.85. The Labute approximate surface area is 137 Å². The fraction of sp³-hybridized carbons (Fsp3) is 0.0667. The van der Waals surface area contributed by atoms with Gasteiger partial charge in [-0.25, -0.2) is 4.79 Å². The number of aromatic amines is 2. The van der Waals surface area contributed by atoms with Crippen LogP contribution in [-0.4, -0.2) is 16.3 Å². The number of ether oxygens (including phenoxy) is 1. The second-order valence-electron chi connectivity index (χ2n) is 4.80. The zero-order valence-corrected chi connectivity index (χ0v) is 12.4. The standard InChI is InChI=1S/C15H7ClF3N3O2/c16-9-3-1-8(6-20)13(24-15(17,18)19)12(9)7-2-4-10-11(5-7)22-14(23)21-10/h1-5H,(H2,21,22,23). The highest BCUT2D eigenvalue weighted by molar-refractivity contribution is 6.33. The molecule has 0 radical (unpaired) electrons. The van der Waals surface area contributed by atoms with Crippen molar-refractivity contribution in [1.82, 2.24) is 9.97 Å². The summed E-state index contributed by atoms with van der Waals surface area (Å²) in [6.07, 6.45) is -4.99. The van der Waals surface area contributed by atoms with Crippen molar-refractivity contribution in [3.8, 4) is 22.9 Å². The SMILES string of the molecule is N#Cc1ccc(Cl)c(-c2ccc3[nH]c(=O)[nH]c3c2)c1OC(F)(F)F. The lowest BCUT2D eigenvalue weighted by Gasteiger charge is -2.16. The summed E-state index contributed by atoms with van der Waals surface area (Å²) in [5.41, 5.74) is 0.278. The molecular formula is C15H7ClF3N3O2. The predicted octanol–water partition coefficient (Wildman–Crippen LogP) is 3.95. The van der Waals surface area contributed by atoms with Crippen LogP contribution in [0.15, 0.2) is 35.1 Å². The summed E-state index contributed by atoms with van der Waals surface area (Å²) in [6.45, 7) is 0. The van der Waals surface area contributed by atoms with Gasteiger partial charge >= 0.3 is 12.1 Å². The summed E-state index contributed by atoms with van der Waals surface area (Å²) < 4.78 is 42.2. The number of benzene rings is 2. The predicted molar refractivity (Wildman–Crippen MR) is 80.8 cm³/mol. The minimum atomic E-state index is -4.99. The zero-order chi connectivity index (χ0) is 17.5. The molecule has 122 valence electrons. The summed E-state index contributed by atoms with van der Waals surface area (Å²) in [6, 6.07) is 8.52. The lowest BCUT2D eigenvalue weighted by molar-refractivity contribution is -0.274. The summed E-state index contributed by atoms with van der Waals surface area (Å²) in [7, 11) is 0. The van der Waals surface area contributed by atoms with E-state index in [2.05, 4.69) is 14.7 Å². The molecule has 0 saturated carbocycles. The first kappa shape index (κ1) is 16.0. The topological polar surface area (TPSA) is 81.7 Å². The number of rotatable bonds is 2. The molecule has 0 atom stereocenters. The molecule has 1 heterocycles. The van der Waals surface area contributed by atoms with Crippen molar-refractivity contribution in [2.75, 3.05) is 0 Å². The van der Waals surface area contributed by atoms with Crippen LogP contribution in [0.25, 0.3) is 22.2 Å².